The fraction of sp³-hybridized carbons (Fsp3) is 0.235. The van der Waals surface area contributed by atoms with Crippen LogP contribution in [0.5, 0.6) is 5.75 Å². The van der Waals surface area contributed by atoms with Gasteiger partial charge in [-0.25, -0.2) is 8.78 Å². The maximum Gasteiger partial charge on any atom is 0.308 e. The number of ether oxygens (including phenoxy) is 1. The Hall–Kier alpha value is -2.23. The number of carbonyl (C=O) groups excluding carboxylic acids is 1. The third-order valence-electron chi connectivity index (χ3n) is 3.11. The Morgan fingerprint density at radius 3 is 2.24 bits per heavy atom. The first-order valence-electron chi connectivity index (χ1n) is 6.68. The van der Waals surface area contributed by atoms with Crippen LogP contribution in [-0.2, 0) is 17.1 Å². The lowest BCUT2D eigenvalue weighted by molar-refractivity contribution is -0.131. The van der Waals surface area contributed by atoms with Gasteiger partial charge in [0.2, 0.25) is 0 Å². The van der Waals surface area contributed by atoms with Gasteiger partial charge in [-0.3, -0.25) is 4.79 Å². The van der Waals surface area contributed by atoms with E-state index in [0.717, 1.165) is 5.56 Å². The minimum Gasteiger partial charge on any atom is -0.427 e. The highest BCUT2D eigenvalue weighted by Gasteiger charge is 2.30. The first kappa shape index (κ1) is 15.2. The van der Waals surface area contributed by atoms with Gasteiger partial charge < -0.3 is 4.74 Å². The van der Waals surface area contributed by atoms with Gasteiger partial charge in [-0.05, 0) is 24.1 Å². The summed E-state index contributed by atoms with van der Waals surface area (Å²) >= 11 is 0. The summed E-state index contributed by atoms with van der Waals surface area (Å²) in [5.41, 5.74) is 0.808. The van der Waals surface area contributed by atoms with Crippen molar-refractivity contribution in [3.63, 3.8) is 0 Å². The Balaban J connectivity index is 1.98. The molecule has 2 nitrogen and oxygen atoms in total. The Morgan fingerprint density at radius 2 is 1.67 bits per heavy atom. The van der Waals surface area contributed by atoms with Crippen LogP contribution in [0.4, 0.5) is 8.78 Å². The lowest BCUT2D eigenvalue weighted by atomic mass is 10.0. The van der Waals surface area contributed by atoms with Crippen molar-refractivity contribution in [2.75, 3.05) is 0 Å². The molecule has 2 rings (SSSR count). The first-order chi connectivity index (χ1) is 9.97. The SMILES string of the molecule is CC(=O)Oc1ccc(CCC(F)(F)c2ccccc2)cc1. The van der Waals surface area contributed by atoms with Gasteiger partial charge in [0.25, 0.3) is 5.92 Å². The van der Waals surface area contributed by atoms with Crippen LogP contribution < -0.4 is 4.74 Å². The molecule has 0 fully saturated rings. The smallest absolute Gasteiger partial charge is 0.308 e. The van der Waals surface area contributed by atoms with Crippen LogP contribution >= 0.6 is 0 Å². The summed E-state index contributed by atoms with van der Waals surface area (Å²) in [6.45, 7) is 1.31. The molecule has 0 aliphatic carbocycles. The molecule has 0 radical (unpaired) electrons. The molecule has 0 heterocycles. The van der Waals surface area contributed by atoms with Gasteiger partial charge in [-0.1, -0.05) is 42.5 Å². The third kappa shape index (κ3) is 4.38. The van der Waals surface area contributed by atoms with Crippen molar-refractivity contribution in [3.8, 4) is 5.75 Å². The van der Waals surface area contributed by atoms with Gasteiger partial charge in [-0.2, -0.15) is 0 Å². The molecular formula is C17H16F2O2. The molecule has 0 N–H and O–H groups in total. The number of esters is 1. The predicted molar refractivity (Wildman–Crippen MR) is 76.4 cm³/mol. The van der Waals surface area contributed by atoms with Crippen molar-refractivity contribution in [1.82, 2.24) is 0 Å². The van der Waals surface area contributed by atoms with Crippen LogP contribution in [0.1, 0.15) is 24.5 Å². The molecule has 110 valence electrons. The topological polar surface area (TPSA) is 26.3 Å². The van der Waals surface area contributed by atoms with Crippen LogP contribution in [0.2, 0.25) is 0 Å². The Bertz CT molecular complexity index is 592. The molecule has 0 spiro atoms. The fourth-order valence-electron chi connectivity index (χ4n) is 2.02. The zero-order valence-electron chi connectivity index (χ0n) is 11.7. The highest BCUT2D eigenvalue weighted by Crippen LogP contribution is 2.32. The molecule has 0 aliphatic rings. The van der Waals surface area contributed by atoms with E-state index in [0.29, 0.717) is 5.75 Å². The maximum atomic E-state index is 14.0. The number of hydrogen-bond donors (Lipinski definition) is 0. The van der Waals surface area contributed by atoms with Crippen molar-refractivity contribution in [2.45, 2.75) is 25.7 Å². The summed E-state index contributed by atoms with van der Waals surface area (Å²) in [6, 6.07) is 14.4. The van der Waals surface area contributed by atoms with Crippen LogP contribution in [0, 0.1) is 0 Å². The molecule has 4 heteroatoms. The molecule has 0 aromatic heterocycles. The second-order valence-electron chi connectivity index (χ2n) is 4.81. The van der Waals surface area contributed by atoms with E-state index in [9.17, 15) is 13.6 Å². The molecule has 2 aromatic carbocycles. The molecular weight excluding hydrogens is 274 g/mol. The molecule has 0 amide bonds. The second kappa shape index (κ2) is 6.48. The van der Waals surface area contributed by atoms with E-state index < -0.39 is 11.9 Å². The predicted octanol–water partition coefficient (Wildman–Crippen LogP) is 4.34. The molecule has 0 atom stereocenters. The molecule has 0 saturated heterocycles. The van der Waals surface area contributed by atoms with Gasteiger partial charge >= 0.3 is 5.97 Å². The van der Waals surface area contributed by atoms with E-state index in [1.807, 2.05) is 0 Å². The first-order valence-corrected chi connectivity index (χ1v) is 6.68. The van der Waals surface area contributed by atoms with E-state index >= 15 is 0 Å². The van der Waals surface area contributed by atoms with Crippen molar-refractivity contribution < 1.29 is 18.3 Å². The Labute approximate surface area is 122 Å². The second-order valence-corrected chi connectivity index (χ2v) is 4.81. The quantitative estimate of drug-likeness (QED) is 0.605. The molecule has 21 heavy (non-hydrogen) atoms. The number of alkyl halides is 2. The monoisotopic (exact) mass is 290 g/mol. The molecule has 0 saturated carbocycles. The zero-order valence-corrected chi connectivity index (χ0v) is 11.7. The highest BCUT2D eigenvalue weighted by molar-refractivity contribution is 5.69. The normalized spacial score (nSPS) is 11.2. The molecule has 2 aromatic rings. The average molecular weight is 290 g/mol. The maximum absolute atomic E-state index is 14.0. The van der Waals surface area contributed by atoms with Crippen LogP contribution in [0.15, 0.2) is 54.6 Å². The van der Waals surface area contributed by atoms with Crippen molar-refractivity contribution >= 4 is 5.97 Å². The largest absolute Gasteiger partial charge is 0.427 e. The summed E-state index contributed by atoms with van der Waals surface area (Å²) in [5, 5.41) is 0. The summed E-state index contributed by atoms with van der Waals surface area (Å²) in [6.07, 6.45) is -0.00777. The number of benzene rings is 2. The lowest BCUT2D eigenvalue weighted by Gasteiger charge is -2.16. The van der Waals surface area contributed by atoms with Gasteiger partial charge in [0.05, 0.1) is 0 Å². The summed E-state index contributed by atoms with van der Waals surface area (Å²) in [5.74, 6) is -2.84. The van der Waals surface area contributed by atoms with Crippen LogP contribution in [0.3, 0.4) is 0 Å². The third-order valence-corrected chi connectivity index (χ3v) is 3.11. The fourth-order valence-corrected chi connectivity index (χ4v) is 2.02. The van der Waals surface area contributed by atoms with Crippen molar-refractivity contribution in [3.05, 3.63) is 65.7 Å². The van der Waals surface area contributed by atoms with E-state index in [4.69, 9.17) is 4.74 Å². The minimum atomic E-state index is -2.85. The van der Waals surface area contributed by atoms with Crippen molar-refractivity contribution in [2.24, 2.45) is 0 Å². The van der Waals surface area contributed by atoms with E-state index in [1.165, 1.54) is 19.1 Å². The van der Waals surface area contributed by atoms with Gasteiger partial charge in [0.15, 0.2) is 0 Å². The van der Waals surface area contributed by atoms with E-state index in [-0.39, 0.29) is 18.4 Å². The van der Waals surface area contributed by atoms with E-state index in [2.05, 4.69) is 0 Å². The van der Waals surface area contributed by atoms with Gasteiger partial charge in [0, 0.05) is 18.9 Å². The molecule has 0 aliphatic heterocycles. The average Bonchev–Trinajstić information content (AvgIpc) is 2.47. The molecule has 0 bridgehead atoms. The van der Waals surface area contributed by atoms with Crippen LogP contribution in [0.25, 0.3) is 0 Å². The Kier molecular flexibility index (Phi) is 4.68. The Morgan fingerprint density at radius 1 is 1.05 bits per heavy atom. The number of hydrogen-bond acceptors (Lipinski definition) is 2. The van der Waals surface area contributed by atoms with Gasteiger partial charge in [-0.15, -0.1) is 0 Å². The highest BCUT2D eigenvalue weighted by atomic mass is 19.3. The summed E-state index contributed by atoms with van der Waals surface area (Å²) in [4.78, 5) is 10.8. The standard InChI is InChI=1S/C17H16F2O2/c1-13(20)21-16-9-7-14(8-10-16)11-12-17(18,19)15-5-3-2-4-6-15/h2-10H,11-12H2,1H3. The zero-order chi connectivity index (χ0) is 15.3. The summed E-state index contributed by atoms with van der Waals surface area (Å²) < 4.78 is 32.9. The minimum absolute atomic E-state index is 0.0292. The number of carbonyl (C=O) groups is 1. The molecule has 0 unspecified atom stereocenters. The number of halogens is 2. The number of aryl methyl sites for hydroxylation is 1. The number of rotatable bonds is 5. The lowest BCUT2D eigenvalue weighted by Crippen LogP contribution is -2.14. The van der Waals surface area contributed by atoms with Crippen molar-refractivity contribution in [1.29, 1.82) is 0 Å². The summed E-state index contributed by atoms with van der Waals surface area (Å²) in [7, 11) is 0. The van der Waals surface area contributed by atoms with E-state index in [1.54, 1.807) is 42.5 Å². The van der Waals surface area contributed by atoms with Gasteiger partial charge in [0.1, 0.15) is 5.75 Å². The van der Waals surface area contributed by atoms with Crippen LogP contribution in [-0.4, -0.2) is 5.97 Å².